The van der Waals surface area contributed by atoms with Gasteiger partial charge in [-0.1, -0.05) is 64.2 Å². The Hall–Kier alpha value is -0.840. The van der Waals surface area contributed by atoms with Gasteiger partial charge in [-0.2, -0.15) is 0 Å². The van der Waals surface area contributed by atoms with Gasteiger partial charge in [0.1, 0.15) is 0 Å². The van der Waals surface area contributed by atoms with Crippen LogP contribution in [-0.2, 0) is 13.0 Å². The van der Waals surface area contributed by atoms with Crippen molar-refractivity contribution >= 4 is 58.2 Å². The zero-order valence-electron chi connectivity index (χ0n) is 12.3. The van der Waals surface area contributed by atoms with Gasteiger partial charge in [-0.3, -0.25) is 0 Å². The van der Waals surface area contributed by atoms with Gasteiger partial charge in [-0.05, 0) is 36.2 Å². The lowest BCUT2D eigenvalue weighted by atomic mass is 10.1. The number of imidazole rings is 1. The highest BCUT2D eigenvalue weighted by molar-refractivity contribution is 7.99. The fourth-order valence-corrected chi connectivity index (χ4v) is 4.32. The van der Waals surface area contributed by atoms with Crippen LogP contribution >= 0.6 is 58.2 Å². The smallest absolute Gasteiger partial charge is 0.0946 e. The Bertz CT molecular complexity index is 850. The van der Waals surface area contributed by atoms with E-state index in [-0.39, 0.29) is 0 Å². The maximum atomic E-state index is 6.59. The molecule has 1 heterocycles. The van der Waals surface area contributed by atoms with Gasteiger partial charge in [-0.25, -0.2) is 4.98 Å². The molecular formula is C17H12Cl4N2S. The molecule has 3 aromatic rings. The van der Waals surface area contributed by atoms with E-state index in [4.69, 9.17) is 46.4 Å². The van der Waals surface area contributed by atoms with Gasteiger partial charge in [-0.15, -0.1) is 0 Å². The number of nitrogens with zero attached hydrogens (tertiary/aromatic N) is 2. The summed E-state index contributed by atoms with van der Waals surface area (Å²) in [5.74, 6) is 0. The van der Waals surface area contributed by atoms with Gasteiger partial charge < -0.3 is 4.57 Å². The van der Waals surface area contributed by atoms with Gasteiger partial charge >= 0.3 is 0 Å². The second-order valence-corrected chi connectivity index (χ2v) is 7.76. The van der Waals surface area contributed by atoms with Crippen molar-refractivity contribution in [2.75, 3.05) is 0 Å². The largest absolute Gasteiger partial charge is 0.337 e. The van der Waals surface area contributed by atoms with Crippen LogP contribution in [0.5, 0.6) is 0 Å². The zero-order chi connectivity index (χ0) is 17.1. The second-order valence-electron chi connectivity index (χ2n) is 5.08. The minimum Gasteiger partial charge on any atom is -0.337 e. The SMILES string of the molecule is Clc1ccc(Sc2c(Cl)ccc(CCn3ccnc3)c2Cl)c(Cl)c1. The van der Waals surface area contributed by atoms with E-state index in [1.54, 1.807) is 24.7 Å². The summed E-state index contributed by atoms with van der Waals surface area (Å²) < 4.78 is 2.01. The van der Waals surface area contributed by atoms with Crippen molar-refractivity contribution in [2.24, 2.45) is 0 Å². The molecule has 0 aliphatic heterocycles. The highest BCUT2D eigenvalue weighted by Crippen LogP contribution is 2.43. The molecule has 0 aliphatic rings. The molecule has 0 radical (unpaired) electrons. The van der Waals surface area contributed by atoms with Crippen LogP contribution in [0.25, 0.3) is 0 Å². The number of hydrogen-bond donors (Lipinski definition) is 0. The Labute approximate surface area is 164 Å². The molecule has 0 aliphatic carbocycles. The van der Waals surface area contributed by atoms with Crippen molar-refractivity contribution in [3.05, 3.63) is 74.7 Å². The Morgan fingerprint density at radius 1 is 1.00 bits per heavy atom. The van der Waals surface area contributed by atoms with Gasteiger partial charge in [0, 0.05) is 33.8 Å². The lowest BCUT2D eigenvalue weighted by Gasteiger charge is -2.12. The Morgan fingerprint density at radius 3 is 2.54 bits per heavy atom. The third-order valence-electron chi connectivity index (χ3n) is 3.43. The molecular weight excluding hydrogens is 406 g/mol. The average molecular weight is 418 g/mol. The second kappa shape index (κ2) is 8.03. The first-order valence-electron chi connectivity index (χ1n) is 7.10. The predicted molar refractivity (Wildman–Crippen MR) is 103 cm³/mol. The Kier molecular flexibility index (Phi) is 6.01. The van der Waals surface area contributed by atoms with E-state index in [9.17, 15) is 0 Å². The van der Waals surface area contributed by atoms with Crippen molar-refractivity contribution in [3.63, 3.8) is 0 Å². The molecule has 0 amide bonds. The fraction of sp³-hybridized carbons (Fsp3) is 0.118. The van der Waals surface area contributed by atoms with Crippen LogP contribution in [0.15, 0.2) is 58.8 Å². The summed E-state index contributed by atoms with van der Waals surface area (Å²) >= 11 is 26.6. The Balaban J connectivity index is 1.85. The standard InChI is InChI=1S/C17H12Cl4N2S/c18-12-2-4-15(14(20)9-12)24-17-13(19)3-1-11(16(17)21)5-7-23-8-6-22-10-23/h1-4,6,8-10H,5,7H2. The van der Waals surface area contributed by atoms with E-state index >= 15 is 0 Å². The molecule has 0 bridgehead atoms. The van der Waals surface area contributed by atoms with Crippen molar-refractivity contribution < 1.29 is 0 Å². The Morgan fingerprint density at radius 2 is 1.83 bits per heavy atom. The molecule has 0 saturated heterocycles. The summed E-state index contributed by atoms with van der Waals surface area (Å²) in [7, 11) is 0. The highest BCUT2D eigenvalue weighted by atomic mass is 35.5. The number of rotatable bonds is 5. The van der Waals surface area contributed by atoms with Crippen LogP contribution < -0.4 is 0 Å². The number of aromatic nitrogens is 2. The molecule has 2 aromatic carbocycles. The van der Waals surface area contributed by atoms with Crippen LogP contribution in [-0.4, -0.2) is 9.55 Å². The normalized spacial score (nSPS) is 11.0. The summed E-state index contributed by atoms with van der Waals surface area (Å²) in [6.07, 6.45) is 6.25. The zero-order valence-corrected chi connectivity index (χ0v) is 16.2. The van der Waals surface area contributed by atoms with Crippen molar-refractivity contribution in [3.8, 4) is 0 Å². The first kappa shape index (κ1) is 18.0. The maximum Gasteiger partial charge on any atom is 0.0946 e. The van der Waals surface area contributed by atoms with Crippen molar-refractivity contribution in [1.82, 2.24) is 9.55 Å². The molecule has 0 fully saturated rings. The molecule has 124 valence electrons. The van der Waals surface area contributed by atoms with Crippen molar-refractivity contribution in [2.45, 2.75) is 22.8 Å². The fourth-order valence-electron chi connectivity index (χ4n) is 2.20. The lowest BCUT2D eigenvalue weighted by molar-refractivity contribution is 0.695. The van der Waals surface area contributed by atoms with E-state index in [0.29, 0.717) is 20.1 Å². The minimum atomic E-state index is 0.573. The molecule has 0 spiro atoms. The van der Waals surface area contributed by atoms with E-state index in [1.807, 2.05) is 29.0 Å². The van der Waals surface area contributed by atoms with E-state index in [2.05, 4.69) is 4.98 Å². The minimum absolute atomic E-state index is 0.573. The third-order valence-corrected chi connectivity index (χ3v) is 6.27. The molecule has 0 unspecified atom stereocenters. The van der Waals surface area contributed by atoms with E-state index in [0.717, 1.165) is 28.3 Å². The highest BCUT2D eigenvalue weighted by Gasteiger charge is 2.14. The molecule has 3 rings (SSSR count). The summed E-state index contributed by atoms with van der Waals surface area (Å²) in [4.78, 5) is 5.70. The predicted octanol–water partition coefficient (Wildman–Crippen LogP) is 6.89. The van der Waals surface area contributed by atoms with Crippen LogP contribution in [0.2, 0.25) is 20.1 Å². The number of hydrogen-bond acceptors (Lipinski definition) is 2. The van der Waals surface area contributed by atoms with Crippen LogP contribution in [0.4, 0.5) is 0 Å². The molecule has 0 atom stereocenters. The number of halogens is 4. The molecule has 2 nitrogen and oxygen atoms in total. The lowest BCUT2D eigenvalue weighted by Crippen LogP contribution is -1.99. The van der Waals surface area contributed by atoms with Gasteiger partial charge in [0.2, 0.25) is 0 Å². The third kappa shape index (κ3) is 4.22. The molecule has 7 heteroatoms. The van der Waals surface area contributed by atoms with Gasteiger partial charge in [0.05, 0.1) is 21.4 Å². The van der Waals surface area contributed by atoms with Crippen LogP contribution in [0, 0.1) is 0 Å². The monoisotopic (exact) mass is 416 g/mol. The first-order valence-corrected chi connectivity index (χ1v) is 9.43. The molecule has 24 heavy (non-hydrogen) atoms. The van der Waals surface area contributed by atoms with Crippen LogP contribution in [0.3, 0.4) is 0 Å². The van der Waals surface area contributed by atoms with Crippen molar-refractivity contribution in [1.29, 1.82) is 0 Å². The van der Waals surface area contributed by atoms with Gasteiger partial charge in [0.25, 0.3) is 0 Å². The number of aryl methyl sites for hydroxylation is 2. The first-order chi connectivity index (χ1) is 11.5. The van der Waals surface area contributed by atoms with Crippen LogP contribution in [0.1, 0.15) is 5.56 Å². The average Bonchev–Trinajstić information content (AvgIpc) is 3.06. The summed E-state index contributed by atoms with van der Waals surface area (Å²) in [5.41, 5.74) is 1.03. The van der Waals surface area contributed by atoms with Gasteiger partial charge in [0.15, 0.2) is 0 Å². The maximum absolute atomic E-state index is 6.59. The van der Waals surface area contributed by atoms with E-state index < -0.39 is 0 Å². The summed E-state index contributed by atoms with van der Waals surface area (Å²) in [6.45, 7) is 0.799. The molecule has 1 aromatic heterocycles. The quantitative estimate of drug-likeness (QED) is 0.449. The summed E-state index contributed by atoms with van der Waals surface area (Å²) in [5, 5.41) is 2.42. The molecule has 0 N–H and O–H groups in total. The number of benzene rings is 2. The molecule has 0 saturated carbocycles. The van der Waals surface area contributed by atoms with E-state index in [1.165, 1.54) is 11.8 Å². The summed E-state index contributed by atoms with van der Waals surface area (Å²) in [6, 6.07) is 9.18. The topological polar surface area (TPSA) is 17.8 Å².